The minimum Gasteiger partial charge on any atom is -0.445 e. The Morgan fingerprint density at radius 1 is 1.40 bits per heavy atom. The number of ether oxygens (including phenoxy) is 1. The van der Waals surface area contributed by atoms with Crippen molar-refractivity contribution in [2.24, 2.45) is 0 Å². The van der Waals surface area contributed by atoms with Crippen LogP contribution in [0.25, 0.3) is 0 Å². The Hall–Kier alpha value is -1.77. The summed E-state index contributed by atoms with van der Waals surface area (Å²) >= 11 is 0. The fourth-order valence-corrected chi connectivity index (χ4v) is 1.34. The molecule has 0 aliphatic rings. The third-order valence-electron chi connectivity index (χ3n) is 1.80. The van der Waals surface area contributed by atoms with Crippen LogP contribution in [-0.2, 0) is 4.74 Å². The van der Waals surface area contributed by atoms with Gasteiger partial charge in [0, 0.05) is 5.69 Å². The number of amides is 1. The molecular formula is C12H15NO2. The molecule has 0 saturated carbocycles. The van der Waals surface area contributed by atoms with Crippen LogP contribution in [0.4, 0.5) is 10.5 Å². The molecule has 1 aromatic carbocycles. The van der Waals surface area contributed by atoms with E-state index in [1.165, 1.54) is 6.08 Å². The number of rotatable bonds is 3. The van der Waals surface area contributed by atoms with Gasteiger partial charge in [-0.15, -0.1) is 0 Å². The Morgan fingerprint density at radius 2 is 2.00 bits per heavy atom. The molecule has 1 rings (SSSR count). The van der Waals surface area contributed by atoms with Gasteiger partial charge in [-0.25, -0.2) is 4.79 Å². The van der Waals surface area contributed by atoms with Gasteiger partial charge in [0.15, 0.2) is 0 Å². The summed E-state index contributed by atoms with van der Waals surface area (Å²) in [6.07, 6.45) is 1.07. The first kappa shape index (κ1) is 11.3. The number of nitrogens with one attached hydrogen (secondary N) is 1. The molecule has 1 N–H and O–H groups in total. The second kappa shape index (κ2) is 5.20. The minimum absolute atomic E-state index is 0.219. The summed E-state index contributed by atoms with van der Waals surface area (Å²) in [5.41, 5.74) is 2.96. The van der Waals surface area contributed by atoms with Crippen LogP contribution < -0.4 is 5.32 Å². The summed E-state index contributed by atoms with van der Waals surface area (Å²) in [4.78, 5) is 11.2. The molecule has 0 bridgehead atoms. The van der Waals surface area contributed by atoms with Gasteiger partial charge in [0.05, 0.1) is 0 Å². The van der Waals surface area contributed by atoms with E-state index in [4.69, 9.17) is 4.74 Å². The molecule has 0 atom stereocenters. The summed E-state index contributed by atoms with van der Waals surface area (Å²) in [5.74, 6) is 0. The molecule has 3 nitrogen and oxygen atoms in total. The molecule has 80 valence electrons. The average Bonchev–Trinajstić information content (AvgIpc) is 2.13. The Labute approximate surface area is 89.8 Å². The Bertz CT molecular complexity index is 352. The van der Waals surface area contributed by atoms with Crippen molar-refractivity contribution >= 4 is 11.8 Å². The molecule has 0 radical (unpaired) electrons. The molecule has 0 aromatic heterocycles. The number of anilines is 1. The molecule has 0 fully saturated rings. The van der Waals surface area contributed by atoms with Crippen LogP contribution >= 0.6 is 0 Å². The fourth-order valence-electron chi connectivity index (χ4n) is 1.34. The van der Waals surface area contributed by atoms with Crippen molar-refractivity contribution in [3.05, 3.63) is 42.0 Å². The lowest BCUT2D eigenvalue weighted by atomic mass is 10.1. The van der Waals surface area contributed by atoms with E-state index in [2.05, 4.69) is 11.9 Å². The van der Waals surface area contributed by atoms with Crippen molar-refractivity contribution < 1.29 is 9.53 Å². The van der Waals surface area contributed by atoms with Crippen molar-refractivity contribution in [2.75, 3.05) is 11.9 Å². The van der Waals surface area contributed by atoms with Crippen molar-refractivity contribution in [3.8, 4) is 0 Å². The lowest BCUT2D eigenvalue weighted by molar-refractivity contribution is 0.174. The predicted octanol–water partition coefficient (Wildman–Crippen LogP) is 3.04. The summed E-state index contributed by atoms with van der Waals surface area (Å²) in [5, 5.41) is 2.65. The molecule has 1 amide bonds. The van der Waals surface area contributed by atoms with E-state index in [1.807, 2.05) is 32.0 Å². The summed E-state index contributed by atoms with van der Waals surface area (Å²) in [6.45, 7) is 7.64. The van der Waals surface area contributed by atoms with Gasteiger partial charge in [-0.2, -0.15) is 0 Å². The van der Waals surface area contributed by atoms with E-state index in [-0.39, 0.29) is 6.61 Å². The van der Waals surface area contributed by atoms with Crippen molar-refractivity contribution in [3.63, 3.8) is 0 Å². The molecule has 0 saturated heterocycles. The first-order valence-corrected chi connectivity index (χ1v) is 4.75. The van der Waals surface area contributed by atoms with Gasteiger partial charge < -0.3 is 4.74 Å². The molecule has 3 heteroatoms. The van der Waals surface area contributed by atoms with Gasteiger partial charge in [0.2, 0.25) is 0 Å². The second-order valence-electron chi connectivity index (χ2n) is 3.39. The highest BCUT2D eigenvalue weighted by Gasteiger charge is 2.02. The van der Waals surface area contributed by atoms with Gasteiger partial charge in [0.25, 0.3) is 0 Å². The standard InChI is InChI=1S/C12H15NO2/c1-4-5-15-12(14)13-11-7-9(2)6-10(3)8-11/h4,6-8H,1,5H2,2-3H3,(H,13,14). The van der Waals surface area contributed by atoms with Crippen molar-refractivity contribution in [1.29, 1.82) is 0 Å². The smallest absolute Gasteiger partial charge is 0.411 e. The fraction of sp³-hybridized carbons (Fsp3) is 0.250. The van der Waals surface area contributed by atoms with Crippen LogP contribution in [0, 0.1) is 13.8 Å². The molecular weight excluding hydrogens is 190 g/mol. The number of carbonyl (C=O) groups is 1. The van der Waals surface area contributed by atoms with Crippen LogP contribution in [0.5, 0.6) is 0 Å². The Balaban J connectivity index is 2.63. The summed E-state index contributed by atoms with van der Waals surface area (Å²) < 4.78 is 4.81. The lowest BCUT2D eigenvalue weighted by Crippen LogP contribution is -2.13. The van der Waals surface area contributed by atoms with Gasteiger partial charge in [-0.05, 0) is 37.1 Å². The predicted molar refractivity (Wildman–Crippen MR) is 61.1 cm³/mol. The highest BCUT2D eigenvalue weighted by atomic mass is 16.5. The van der Waals surface area contributed by atoms with Gasteiger partial charge >= 0.3 is 6.09 Å². The van der Waals surface area contributed by atoms with E-state index in [9.17, 15) is 4.79 Å². The minimum atomic E-state index is -0.458. The van der Waals surface area contributed by atoms with Crippen molar-refractivity contribution in [1.82, 2.24) is 0 Å². The normalized spacial score (nSPS) is 9.47. The third-order valence-corrected chi connectivity index (χ3v) is 1.80. The van der Waals surface area contributed by atoms with Crippen LogP contribution in [-0.4, -0.2) is 12.7 Å². The van der Waals surface area contributed by atoms with Gasteiger partial charge in [0.1, 0.15) is 6.61 Å². The molecule has 15 heavy (non-hydrogen) atoms. The molecule has 0 spiro atoms. The highest BCUT2D eigenvalue weighted by molar-refractivity contribution is 5.84. The molecule has 1 aromatic rings. The lowest BCUT2D eigenvalue weighted by Gasteiger charge is -2.07. The topological polar surface area (TPSA) is 38.3 Å². The zero-order valence-electron chi connectivity index (χ0n) is 9.04. The molecule has 0 heterocycles. The van der Waals surface area contributed by atoms with Crippen LogP contribution in [0.1, 0.15) is 11.1 Å². The Kier molecular flexibility index (Phi) is 3.92. The number of aryl methyl sites for hydroxylation is 2. The SMILES string of the molecule is C=CCOC(=O)Nc1cc(C)cc(C)c1. The van der Waals surface area contributed by atoms with E-state index in [0.717, 1.165) is 16.8 Å². The van der Waals surface area contributed by atoms with Gasteiger partial charge in [-0.3, -0.25) is 5.32 Å². The first-order chi connectivity index (χ1) is 7.11. The molecule has 0 aliphatic carbocycles. The average molecular weight is 205 g/mol. The molecule has 0 unspecified atom stereocenters. The Morgan fingerprint density at radius 3 is 2.53 bits per heavy atom. The monoisotopic (exact) mass is 205 g/mol. The van der Waals surface area contributed by atoms with Crippen LogP contribution in [0.2, 0.25) is 0 Å². The summed E-state index contributed by atoms with van der Waals surface area (Å²) in [6, 6.07) is 5.82. The quantitative estimate of drug-likeness (QED) is 0.770. The maximum atomic E-state index is 11.2. The van der Waals surface area contributed by atoms with E-state index in [1.54, 1.807) is 0 Å². The third kappa shape index (κ3) is 3.85. The zero-order valence-corrected chi connectivity index (χ0v) is 9.04. The van der Waals surface area contributed by atoms with Crippen LogP contribution in [0.3, 0.4) is 0 Å². The van der Waals surface area contributed by atoms with E-state index >= 15 is 0 Å². The van der Waals surface area contributed by atoms with E-state index < -0.39 is 6.09 Å². The number of benzene rings is 1. The highest BCUT2D eigenvalue weighted by Crippen LogP contribution is 2.13. The number of hydrogen-bond acceptors (Lipinski definition) is 2. The maximum Gasteiger partial charge on any atom is 0.411 e. The second-order valence-corrected chi connectivity index (χ2v) is 3.39. The zero-order chi connectivity index (χ0) is 11.3. The largest absolute Gasteiger partial charge is 0.445 e. The molecule has 0 aliphatic heterocycles. The van der Waals surface area contributed by atoms with Crippen molar-refractivity contribution in [2.45, 2.75) is 13.8 Å². The van der Waals surface area contributed by atoms with Crippen LogP contribution in [0.15, 0.2) is 30.9 Å². The van der Waals surface area contributed by atoms with E-state index in [0.29, 0.717) is 0 Å². The summed E-state index contributed by atoms with van der Waals surface area (Å²) in [7, 11) is 0. The maximum absolute atomic E-state index is 11.2. The number of hydrogen-bond donors (Lipinski definition) is 1. The van der Waals surface area contributed by atoms with Gasteiger partial charge in [-0.1, -0.05) is 18.7 Å². The first-order valence-electron chi connectivity index (χ1n) is 4.75. The number of carbonyl (C=O) groups excluding carboxylic acids is 1.